The highest BCUT2D eigenvalue weighted by Crippen LogP contribution is 2.42. The second-order valence-electron chi connectivity index (χ2n) is 12.8. The van der Waals surface area contributed by atoms with Crippen LogP contribution in [0.4, 0.5) is 0 Å². The van der Waals surface area contributed by atoms with E-state index in [0.29, 0.717) is 17.5 Å². The predicted molar refractivity (Wildman–Crippen MR) is 211 cm³/mol. The van der Waals surface area contributed by atoms with Crippen LogP contribution < -0.4 is 0 Å². The van der Waals surface area contributed by atoms with Gasteiger partial charge in [0.1, 0.15) is 11.2 Å². The molecule has 0 N–H and O–H groups in total. The fraction of sp³-hybridized carbons (Fsp3) is 0. The highest BCUT2D eigenvalue weighted by atomic mass is 32.1. The Morgan fingerprint density at radius 3 is 1.75 bits per heavy atom. The summed E-state index contributed by atoms with van der Waals surface area (Å²) in [6, 6.07) is 54.9. The van der Waals surface area contributed by atoms with Gasteiger partial charge in [-0.25, -0.2) is 15.0 Å². The van der Waals surface area contributed by atoms with Gasteiger partial charge in [-0.1, -0.05) is 109 Å². The number of hydrogen-bond donors (Lipinski definition) is 0. The van der Waals surface area contributed by atoms with Crippen molar-refractivity contribution in [3.63, 3.8) is 0 Å². The molecular formula is C45H26N4OS. The minimum absolute atomic E-state index is 0.563. The zero-order chi connectivity index (χ0) is 33.5. The highest BCUT2D eigenvalue weighted by molar-refractivity contribution is 7.25. The molecule has 0 spiro atoms. The van der Waals surface area contributed by atoms with E-state index in [0.717, 1.165) is 60.7 Å². The molecule has 0 atom stereocenters. The molecule has 4 heterocycles. The highest BCUT2D eigenvalue weighted by Gasteiger charge is 2.22. The van der Waals surface area contributed by atoms with Crippen molar-refractivity contribution < 1.29 is 4.42 Å². The van der Waals surface area contributed by atoms with Crippen molar-refractivity contribution in [1.29, 1.82) is 0 Å². The number of rotatable bonds is 4. The molecule has 0 unspecified atom stereocenters. The summed E-state index contributed by atoms with van der Waals surface area (Å²) < 4.78 is 11.3. The van der Waals surface area contributed by atoms with Crippen molar-refractivity contribution in [2.24, 2.45) is 0 Å². The van der Waals surface area contributed by atoms with Gasteiger partial charge in [0.2, 0.25) is 0 Å². The molecule has 0 aliphatic carbocycles. The van der Waals surface area contributed by atoms with Crippen molar-refractivity contribution >= 4 is 75.3 Å². The Kier molecular flexibility index (Phi) is 6.05. The number of furan rings is 1. The third kappa shape index (κ3) is 4.24. The van der Waals surface area contributed by atoms with Crippen molar-refractivity contribution in [3.05, 3.63) is 158 Å². The van der Waals surface area contributed by atoms with Gasteiger partial charge in [0.05, 0.1) is 22.3 Å². The molecule has 238 valence electrons. The Morgan fingerprint density at radius 1 is 0.412 bits per heavy atom. The van der Waals surface area contributed by atoms with Gasteiger partial charge in [-0.05, 0) is 48.5 Å². The second-order valence-corrected chi connectivity index (χ2v) is 13.8. The smallest absolute Gasteiger partial charge is 0.167 e. The van der Waals surface area contributed by atoms with Crippen LogP contribution in [0.1, 0.15) is 0 Å². The normalized spacial score (nSPS) is 11.9. The van der Waals surface area contributed by atoms with Crippen LogP contribution in [0, 0.1) is 0 Å². The molecule has 0 saturated heterocycles. The summed E-state index contributed by atoms with van der Waals surface area (Å²) in [6.07, 6.45) is 0. The van der Waals surface area contributed by atoms with Crippen LogP contribution in [0.2, 0.25) is 0 Å². The monoisotopic (exact) mass is 670 g/mol. The zero-order valence-electron chi connectivity index (χ0n) is 27.1. The molecule has 11 rings (SSSR count). The number of fused-ring (bicyclic) bond motifs is 9. The first kappa shape index (κ1) is 28.2. The maximum atomic E-state index is 6.52. The lowest BCUT2D eigenvalue weighted by molar-refractivity contribution is 0.669. The van der Waals surface area contributed by atoms with Gasteiger partial charge in [0.15, 0.2) is 17.5 Å². The number of aromatic nitrogens is 4. The molecule has 0 amide bonds. The molecule has 0 radical (unpaired) electrons. The first-order valence-corrected chi connectivity index (χ1v) is 17.8. The van der Waals surface area contributed by atoms with Crippen LogP contribution in [-0.2, 0) is 0 Å². The molecule has 0 fully saturated rings. The standard InChI is InChI=1S/C45H26N4OS/c1-6-21-35-27(13-1)28-14-2-7-22-36(28)49(35)37-23-8-3-16-31(37)43-46-44(33-19-12-26-40-41(33)32-17-5-10-25-39(32)51-40)48-45(47-43)34-20-11-18-30-29-15-4-9-24-38(29)50-42(30)34/h1-26H. The Balaban J connectivity index is 1.23. The lowest BCUT2D eigenvalue weighted by Gasteiger charge is -2.15. The Labute approximate surface area is 295 Å². The van der Waals surface area contributed by atoms with Crippen LogP contribution in [0.15, 0.2) is 162 Å². The van der Waals surface area contributed by atoms with E-state index >= 15 is 0 Å². The first-order chi connectivity index (χ1) is 25.3. The van der Waals surface area contributed by atoms with Crippen molar-refractivity contribution in [2.75, 3.05) is 0 Å². The predicted octanol–water partition coefficient (Wildman–Crippen LogP) is 12.2. The van der Waals surface area contributed by atoms with E-state index < -0.39 is 0 Å². The van der Waals surface area contributed by atoms with Gasteiger partial charge in [-0.3, -0.25) is 0 Å². The summed E-state index contributed by atoms with van der Waals surface area (Å²) in [5, 5.41) is 6.85. The van der Waals surface area contributed by atoms with Gasteiger partial charge in [0, 0.05) is 52.8 Å². The van der Waals surface area contributed by atoms with E-state index in [1.807, 2.05) is 24.3 Å². The summed E-state index contributed by atoms with van der Waals surface area (Å²) in [6.45, 7) is 0. The summed E-state index contributed by atoms with van der Waals surface area (Å²) in [5.74, 6) is 1.78. The fourth-order valence-electron chi connectivity index (χ4n) is 7.66. The lowest BCUT2D eigenvalue weighted by Crippen LogP contribution is -2.03. The molecule has 0 bridgehead atoms. The molecule has 51 heavy (non-hydrogen) atoms. The molecule has 7 aromatic carbocycles. The van der Waals surface area contributed by atoms with Crippen LogP contribution in [-0.4, -0.2) is 19.5 Å². The first-order valence-electron chi connectivity index (χ1n) is 17.0. The summed E-state index contributed by atoms with van der Waals surface area (Å²) >= 11 is 1.79. The van der Waals surface area contributed by atoms with Gasteiger partial charge in [-0.2, -0.15) is 0 Å². The Hall–Kier alpha value is -6.63. The maximum absolute atomic E-state index is 6.52. The minimum atomic E-state index is 0.563. The average Bonchev–Trinajstić information content (AvgIpc) is 3.87. The number of thiophene rings is 1. The Bertz CT molecular complexity index is 3120. The molecule has 5 nitrogen and oxygen atoms in total. The summed E-state index contributed by atoms with van der Waals surface area (Å²) in [4.78, 5) is 15.9. The SMILES string of the molecule is c1ccc(-n2c3ccccc3c3ccccc32)c(-c2nc(-c3cccc4c3oc3ccccc34)nc(-c3cccc4sc5ccccc5c34)n2)c1. The van der Waals surface area contributed by atoms with E-state index in [4.69, 9.17) is 19.4 Å². The minimum Gasteiger partial charge on any atom is -0.455 e. The van der Waals surface area contributed by atoms with E-state index in [1.54, 1.807) is 11.3 Å². The van der Waals surface area contributed by atoms with Crippen molar-refractivity contribution in [3.8, 4) is 39.9 Å². The van der Waals surface area contributed by atoms with E-state index in [9.17, 15) is 0 Å². The third-order valence-electron chi connectivity index (χ3n) is 9.89. The van der Waals surface area contributed by atoms with Gasteiger partial charge < -0.3 is 8.98 Å². The van der Waals surface area contributed by atoms with Gasteiger partial charge in [-0.15, -0.1) is 11.3 Å². The van der Waals surface area contributed by atoms with Crippen molar-refractivity contribution in [2.45, 2.75) is 0 Å². The van der Waals surface area contributed by atoms with Crippen LogP contribution in [0.3, 0.4) is 0 Å². The zero-order valence-corrected chi connectivity index (χ0v) is 27.9. The molecule has 6 heteroatoms. The second kappa shape index (κ2) is 10.9. The topological polar surface area (TPSA) is 56.7 Å². The molecule has 4 aromatic heterocycles. The average molecular weight is 671 g/mol. The fourth-order valence-corrected chi connectivity index (χ4v) is 8.79. The molecule has 11 aromatic rings. The van der Waals surface area contributed by atoms with Crippen LogP contribution in [0.5, 0.6) is 0 Å². The van der Waals surface area contributed by atoms with E-state index in [1.165, 1.54) is 25.6 Å². The summed E-state index contributed by atoms with van der Waals surface area (Å²) in [5.41, 5.74) is 7.56. The number of hydrogen-bond acceptors (Lipinski definition) is 5. The molecule has 0 aliphatic rings. The van der Waals surface area contributed by atoms with Gasteiger partial charge in [0.25, 0.3) is 0 Å². The number of benzene rings is 7. The van der Waals surface area contributed by atoms with E-state index in [2.05, 4.69) is 138 Å². The number of nitrogens with zero attached hydrogens (tertiary/aromatic N) is 4. The number of para-hydroxylation sites is 5. The molecular weight excluding hydrogens is 645 g/mol. The van der Waals surface area contributed by atoms with Crippen LogP contribution >= 0.6 is 11.3 Å². The largest absolute Gasteiger partial charge is 0.455 e. The van der Waals surface area contributed by atoms with E-state index in [-0.39, 0.29) is 0 Å². The van der Waals surface area contributed by atoms with Crippen LogP contribution in [0.25, 0.3) is 104 Å². The maximum Gasteiger partial charge on any atom is 0.167 e. The summed E-state index contributed by atoms with van der Waals surface area (Å²) in [7, 11) is 0. The van der Waals surface area contributed by atoms with Crippen molar-refractivity contribution in [1.82, 2.24) is 19.5 Å². The lowest BCUT2D eigenvalue weighted by atomic mass is 10.0. The quantitative estimate of drug-likeness (QED) is 0.187. The van der Waals surface area contributed by atoms with Gasteiger partial charge >= 0.3 is 0 Å². The third-order valence-corrected chi connectivity index (χ3v) is 11.0. The Morgan fingerprint density at radius 2 is 0.941 bits per heavy atom. The molecule has 0 aliphatic heterocycles. The molecule has 0 saturated carbocycles.